The van der Waals surface area contributed by atoms with E-state index in [9.17, 15) is 14.7 Å². The predicted octanol–water partition coefficient (Wildman–Crippen LogP) is 3.87. The van der Waals surface area contributed by atoms with Gasteiger partial charge in [-0.2, -0.15) is 0 Å². The third-order valence-corrected chi connectivity index (χ3v) is 6.20. The SMILES string of the molecule is CCCCOc1cccc(C(O)=C2C(=O)C(=O)N(CCN(C)C)C2c2cc(OC)c(OC)c(OC)c2)c1. The lowest BCUT2D eigenvalue weighted by Gasteiger charge is -2.27. The molecule has 200 valence electrons. The number of unbranched alkanes of at least 4 members (excludes halogenated alkanes) is 1. The van der Waals surface area contributed by atoms with Gasteiger partial charge in [0.1, 0.15) is 11.5 Å². The number of carbonyl (C=O) groups excluding carboxylic acids is 2. The number of Topliss-reactive ketones (excluding diaryl/α,β-unsaturated/α-hetero) is 1. The standard InChI is InChI=1S/C28H36N2O7/c1-7-8-14-37-20-11-9-10-18(15-20)25(31)23-24(30(13-12-29(2)3)28(33)26(23)32)19-16-21(34-4)27(36-6)22(17-19)35-5/h9-11,15-17,24,31H,7-8,12-14H2,1-6H3. The molecule has 1 saturated heterocycles. The Labute approximate surface area is 218 Å². The summed E-state index contributed by atoms with van der Waals surface area (Å²) in [6, 6.07) is 9.41. The number of aliphatic hydroxyl groups excluding tert-OH is 1. The van der Waals surface area contributed by atoms with Crippen LogP contribution in [-0.4, -0.2) is 81.7 Å². The van der Waals surface area contributed by atoms with Gasteiger partial charge in [-0.25, -0.2) is 0 Å². The van der Waals surface area contributed by atoms with Crippen LogP contribution in [0, 0.1) is 0 Å². The predicted molar refractivity (Wildman–Crippen MR) is 141 cm³/mol. The van der Waals surface area contributed by atoms with E-state index >= 15 is 0 Å². The molecule has 1 aliphatic rings. The van der Waals surface area contributed by atoms with E-state index < -0.39 is 17.7 Å². The molecule has 2 aromatic rings. The van der Waals surface area contributed by atoms with E-state index in [1.54, 1.807) is 36.4 Å². The fourth-order valence-corrected chi connectivity index (χ4v) is 4.25. The van der Waals surface area contributed by atoms with Crippen molar-refractivity contribution >= 4 is 17.4 Å². The summed E-state index contributed by atoms with van der Waals surface area (Å²) in [5, 5.41) is 11.4. The molecule has 2 aromatic carbocycles. The summed E-state index contributed by atoms with van der Waals surface area (Å²) in [6.45, 7) is 3.41. The molecular formula is C28H36N2O7. The van der Waals surface area contributed by atoms with E-state index in [-0.39, 0.29) is 17.9 Å². The maximum atomic E-state index is 13.3. The number of rotatable bonds is 12. The summed E-state index contributed by atoms with van der Waals surface area (Å²) in [6.07, 6.45) is 1.89. The molecule has 0 bridgehead atoms. The Morgan fingerprint density at radius 1 is 1.03 bits per heavy atom. The number of aliphatic hydroxyl groups is 1. The van der Waals surface area contributed by atoms with Crippen molar-refractivity contribution in [3.05, 3.63) is 53.1 Å². The van der Waals surface area contributed by atoms with Gasteiger partial charge in [-0.15, -0.1) is 0 Å². The van der Waals surface area contributed by atoms with Crippen molar-refractivity contribution in [3.63, 3.8) is 0 Å². The zero-order valence-corrected chi connectivity index (χ0v) is 22.4. The van der Waals surface area contributed by atoms with Crippen LogP contribution in [0.15, 0.2) is 42.0 Å². The van der Waals surface area contributed by atoms with Gasteiger partial charge in [0.25, 0.3) is 11.7 Å². The van der Waals surface area contributed by atoms with Gasteiger partial charge in [-0.05, 0) is 50.3 Å². The molecule has 0 saturated carbocycles. The Bertz CT molecular complexity index is 1130. The molecular weight excluding hydrogens is 476 g/mol. The summed E-state index contributed by atoms with van der Waals surface area (Å²) in [7, 11) is 8.26. The van der Waals surface area contributed by atoms with Crippen LogP contribution in [0.25, 0.3) is 5.76 Å². The van der Waals surface area contributed by atoms with Crippen LogP contribution in [0.4, 0.5) is 0 Å². The minimum atomic E-state index is -0.863. The number of methoxy groups -OCH3 is 3. The van der Waals surface area contributed by atoms with Crippen molar-refractivity contribution in [2.45, 2.75) is 25.8 Å². The van der Waals surface area contributed by atoms with E-state index in [1.165, 1.54) is 26.2 Å². The zero-order valence-electron chi connectivity index (χ0n) is 22.4. The molecule has 9 heteroatoms. The number of likely N-dealkylation sites (tertiary alicyclic amines) is 1. The van der Waals surface area contributed by atoms with Gasteiger partial charge in [-0.1, -0.05) is 25.5 Å². The molecule has 1 aliphatic heterocycles. The van der Waals surface area contributed by atoms with Crippen molar-refractivity contribution in [2.24, 2.45) is 0 Å². The first-order valence-corrected chi connectivity index (χ1v) is 12.2. The average Bonchev–Trinajstić information content (AvgIpc) is 3.15. The Morgan fingerprint density at radius 3 is 2.27 bits per heavy atom. The van der Waals surface area contributed by atoms with Crippen LogP contribution in [0.5, 0.6) is 23.0 Å². The van der Waals surface area contributed by atoms with Crippen molar-refractivity contribution in [3.8, 4) is 23.0 Å². The number of nitrogens with zero attached hydrogens (tertiary/aromatic N) is 2. The van der Waals surface area contributed by atoms with Crippen molar-refractivity contribution in [1.29, 1.82) is 0 Å². The number of amides is 1. The molecule has 9 nitrogen and oxygen atoms in total. The summed E-state index contributed by atoms with van der Waals surface area (Å²) in [5.74, 6) is -0.00228. The highest BCUT2D eigenvalue weighted by atomic mass is 16.5. The molecule has 0 aromatic heterocycles. The molecule has 0 spiro atoms. The van der Waals surface area contributed by atoms with Gasteiger partial charge >= 0.3 is 0 Å². The maximum absolute atomic E-state index is 13.3. The monoisotopic (exact) mass is 512 g/mol. The average molecular weight is 513 g/mol. The smallest absolute Gasteiger partial charge is 0.295 e. The second kappa shape index (κ2) is 12.5. The first-order valence-electron chi connectivity index (χ1n) is 12.2. The van der Waals surface area contributed by atoms with Gasteiger partial charge in [0, 0.05) is 18.7 Å². The summed E-state index contributed by atoms with van der Waals surface area (Å²) in [4.78, 5) is 30.0. The Balaban J connectivity index is 2.18. The fourth-order valence-electron chi connectivity index (χ4n) is 4.25. The van der Waals surface area contributed by atoms with Gasteiger partial charge in [0.2, 0.25) is 5.75 Å². The second-order valence-electron chi connectivity index (χ2n) is 8.98. The highest BCUT2D eigenvalue weighted by molar-refractivity contribution is 6.46. The summed E-state index contributed by atoms with van der Waals surface area (Å²) < 4.78 is 22.2. The molecule has 1 heterocycles. The van der Waals surface area contributed by atoms with Gasteiger partial charge < -0.3 is 33.9 Å². The minimum absolute atomic E-state index is 0.0104. The van der Waals surface area contributed by atoms with Gasteiger partial charge in [0.15, 0.2) is 11.5 Å². The van der Waals surface area contributed by atoms with Crippen LogP contribution in [0.1, 0.15) is 36.9 Å². The highest BCUT2D eigenvalue weighted by Crippen LogP contribution is 2.45. The third kappa shape index (κ3) is 5.99. The molecule has 37 heavy (non-hydrogen) atoms. The van der Waals surface area contributed by atoms with Crippen LogP contribution < -0.4 is 18.9 Å². The van der Waals surface area contributed by atoms with Crippen molar-refractivity contribution in [1.82, 2.24) is 9.80 Å². The molecule has 0 radical (unpaired) electrons. The Hall–Kier alpha value is -3.72. The van der Waals surface area contributed by atoms with Gasteiger partial charge in [-0.3, -0.25) is 9.59 Å². The largest absolute Gasteiger partial charge is 0.507 e. The molecule has 1 unspecified atom stereocenters. The lowest BCUT2D eigenvalue weighted by molar-refractivity contribution is -0.140. The van der Waals surface area contributed by atoms with E-state index in [0.717, 1.165) is 12.8 Å². The number of hydrogen-bond donors (Lipinski definition) is 1. The minimum Gasteiger partial charge on any atom is -0.507 e. The quantitative estimate of drug-likeness (QED) is 0.198. The number of hydrogen-bond acceptors (Lipinski definition) is 8. The topological polar surface area (TPSA) is 97.8 Å². The molecule has 1 atom stereocenters. The number of likely N-dealkylation sites (N-methyl/N-ethyl adjacent to an activating group) is 1. The second-order valence-corrected chi connectivity index (χ2v) is 8.98. The molecule has 0 aliphatic carbocycles. The van der Waals surface area contributed by atoms with Crippen LogP contribution in [0.2, 0.25) is 0 Å². The number of ether oxygens (including phenoxy) is 4. The molecule has 1 N–H and O–H groups in total. The fraction of sp³-hybridized carbons (Fsp3) is 0.429. The van der Waals surface area contributed by atoms with Crippen molar-refractivity contribution in [2.75, 3.05) is 55.1 Å². The Kier molecular flexibility index (Phi) is 9.41. The summed E-state index contributed by atoms with van der Waals surface area (Å²) >= 11 is 0. The lowest BCUT2D eigenvalue weighted by atomic mass is 9.94. The summed E-state index contributed by atoms with van der Waals surface area (Å²) in [5.41, 5.74) is 0.921. The zero-order chi connectivity index (χ0) is 27.1. The van der Waals surface area contributed by atoms with E-state index in [2.05, 4.69) is 6.92 Å². The lowest BCUT2D eigenvalue weighted by Crippen LogP contribution is -2.35. The number of carbonyl (C=O) groups is 2. The maximum Gasteiger partial charge on any atom is 0.295 e. The van der Waals surface area contributed by atoms with E-state index in [1.807, 2.05) is 19.0 Å². The number of ketones is 1. The van der Waals surface area contributed by atoms with Crippen LogP contribution in [0.3, 0.4) is 0 Å². The third-order valence-electron chi connectivity index (χ3n) is 6.20. The molecule has 3 rings (SSSR count). The highest BCUT2D eigenvalue weighted by Gasteiger charge is 2.46. The van der Waals surface area contributed by atoms with E-state index in [0.29, 0.717) is 47.3 Å². The van der Waals surface area contributed by atoms with E-state index in [4.69, 9.17) is 18.9 Å². The first-order chi connectivity index (χ1) is 17.8. The first kappa shape index (κ1) is 27.9. The van der Waals surface area contributed by atoms with Crippen molar-refractivity contribution < 1.29 is 33.6 Å². The molecule has 1 fully saturated rings. The van der Waals surface area contributed by atoms with Gasteiger partial charge in [0.05, 0.1) is 39.6 Å². The van der Waals surface area contributed by atoms with Crippen LogP contribution >= 0.6 is 0 Å². The van der Waals surface area contributed by atoms with Crippen LogP contribution in [-0.2, 0) is 9.59 Å². The Morgan fingerprint density at radius 2 is 1.70 bits per heavy atom. The molecule has 1 amide bonds. The normalized spacial score (nSPS) is 16.8. The number of benzene rings is 2.